The van der Waals surface area contributed by atoms with E-state index < -0.39 is 5.97 Å². The second-order valence-corrected chi connectivity index (χ2v) is 6.47. The number of hydrogen-bond acceptors (Lipinski definition) is 4. The van der Waals surface area contributed by atoms with E-state index in [1.165, 1.54) is 0 Å². The van der Waals surface area contributed by atoms with Gasteiger partial charge < -0.3 is 15.0 Å². The van der Waals surface area contributed by atoms with E-state index >= 15 is 0 Å². The summed E-state index contributed by atoms with van der Waals surface area (Å²) in [5.74, 6) is -0.644. The van der Waals surface area contributed by atoms with Crippen molar-refractivity contribution >= 4 is 11.9 Å². The number of aromatic nitrogens is 3. The van der Waals surface area contributed by atoms with Crippen molar-refractivity contribution in [1.82, 2.24) is 20.1 Å². The number of nitrogens with zero attached hydrogens (tertiary/aromatic N) is 2. The molecule has 0 bridgehead atoms. The van der Waals surface area contributed by atoms with Crippen molar-refractivity contribution in [3.05, 3.63) is 70.8 Å². The second-order valence-electron chi connectivity index (χ2n) is 6.47. The van der Waals surface area contributed by atoms with Crippen LogP contribution in [0.25, 0.3) is 5.69 Å². The molecule has 1 aromatic carbocycles. The maximum atomic E-state index is 12.5. The number of aromatic amines is 1. The molecule has 0 radical (unpaired) electrons. The van der Waals surface area contributed by atoms with Crippen LogP contribution in [0.5, 0.6) is 0 Å². The van der Waals surface area contributed by atoms with Crippen LogP contribution in [0.1, 0.15) is 44.6 Å². The Morgan fingerprint density at radius 2 is 1.96 bits per heavy atom. The number of carbonyl (C=O) groups is 2. The molecule has 0 aliphatic heterocycles. The summed E-state index contributed by atoms with van der Waals surface area (Å²) in [6.07, 6.45) is 4.33. The molecule has 2 aromatic heterocycles. The highest BCUT2D eigenvalue weighted by molar-refractivity contribution is 6.00. The van der Waals surface area contributed by atoms with Gasteiger partial charge in [0.15, 0.2) is 0 Å². The Labute approximate surface area is 163 Å². The van der Waals surface area contributed by atoms with Gasteiger partial charge in [0.1, 0.15) is 5.69 Å². The van der Waals surface area contributed by atoms with Crippen LogP contribution in [-0.2, 0) is 11.2 Å². The molecule has 2 heterocycles. The van der Waals surface area contributed by atoms with Gasteiger partial charge in [-0.05, 0) is 56.5 Å². The molecule has 146 valence electrons. The summed E-state index contributed by atoms with van der Waals surface area (Å²) in [7, 11) is 0. The monoisotopic (exact) mass is 380 g/mol. The average molecular weight is 380 g/mol. The minimum Gasteiger partial charge on any atom is -0.462 e. The molecule has 0 unspecified atom stereocenters. The Balaban J connectivity index is 1.59. The lowest BCUT2D eigenvalue weighted by Gasteiger charge is -2.07. The van der Waals surface area contributed by atoms with Crippen LogP contribution >= 0.6 is 0 Å². The summed E-state index contributed by atoms with van der Waals surface area (Å²) in [5, 5.41) is 7.10. The third kappa shape index (κ3) is 4.14. The molecular formula is C21H24N4O3. The number of ether oxygens (including phenoxy) is 1. The Morgan fingerprint density at radius 1 is 1.21 bits per heavy atom. The quantitative estimate of drug-likeness (QED) is 0.617. The maximum absolute atomic E-state index is 12.5. The van der Waals surface area contributed by atoms with Crippen LogP contribution in [0.2, 0.25) is 0 Å². The van der Waals surface area contributed by atoms with Crippen molar-refractivity contribution in [3.8, 4) is 5.69 Å². The first-order valence-corrected chi connectivity index (χ1v) is 9.24. The Morgan fingerprint density at radius 3 is 2.61 bits per heavy atom. The number of nitrogens with one attached hydrogen (secondary N) is 2. The van der Waals surface area contributed by atoms with Gasteiger partial charge >= 0.3 is 5.97 Å². The van der Waals surface area contributed by atoms with Gasteiger partial charge in [0, 0.05) is 24.6 Å². The molecule has 0 aliphatic rings. The maximum Gasteiger partial charge on any atom is 0.340 e. The van der Waals surface area contributed by atoms with Crippen molar-refractivity contribution in [2.24, 2.45) is 0 Å². The molecule has 0 spiro atoms. The molecule has 28 heavy (non-hydrogen) atoms. The van der Waals surface area contributed by atoms with Crippen LogP contribution in [0, 0.1) is 13.8 Å². The Kier molecular flexibility index (Phi) is 5.93. The third-order valence-electron chi connectivity index (χ3n) is 4.55. The van der Waals surface area contributed by atoms with Crippen LogP contribution in [-0.4, -0.2) is 39.8 Å². The zero-order valence-corrected chi connectivity index (χ0v) is 16.3. The predicted octanol–water partition coefficient (Wildman–Crippen LogP) is 2.97. The average Bonchev–Trinajstić information content (AvgIpc) is 3.30. The molecule has 7 nitrogen and oxygen atoms in total. The number of H-pyrrole nitrogens is 1. The van der Waals surface area contributed by atoms with E-state index in [1.54, 1.807) is 31.6 Å². The summed E-state index contributed by atoms with van der Waals surface area (Å²) in [5.41, 5.74) is 4.17. The normalized spacial score (nSPS) is 10.7. The van der Waals surface area contributed by atoms with Crippen molar-refractivity contribution in [1.29, 1.82) is 0 Å². The largest absolute Gasteiger partial charge is 0.462 e. The molecule has 0 aliphatic carbocycles. The van der Waals surface area contributed by atoms with Gasteiger partial charge in [0.2, 0.25) is 0 Å². The lowest BCUT2D eigenvalue weighted by molar-refractivity contribution is 0.0525. The van der Waals surface area contributed by atoms with E-state index in [0.717, 1.165) is 11.3 Å². The van der Waals surface area contributed by atoms with Crippen LogP contribution < -0.4 is 5.32 Å². The smallest absolute Gasteiger partial charge is 0.340 e. The van der Waals surface area contributed by atoms with Crippen molar-refractivity contribution in [2.75, 3.05) is 13.2 Å². The first-order valence-electron chi connectivity index (χ1n) is 9.24. The topological polar surface area (TPSA) is 89.0 Å². The van der Waals surface area contributed by atoms with Crippen LogP contribution in [0.3, 0.4) is 0 Å². The standard InChI is InChI=1S/C21H24N4O3/c1-4-28-21(27)18-14(2)19(24-15(18)3)20(26)22-12-10-16-6-8-17(9-7-16)25-13-5-11-23-25/h5-9,11,13,24H,4,10,12H2,1-3H3,(H,22,26). The summed E-state index contributed by atoms with van der Waals surface area (Å²) < 4.78 is 6.86. The fourth-order valence-corrected chi connectivity index (χ4v) is 3.13. The van der Waals surface area contributed by atoms with E-state index in [2.05, 4.69) is 15.4 Å². The fraction of sp³-hybridized carbons (Fsp3) is 0.286. The first kappa shape index (κ1) is 19.4. The summed E-state index contributed by atoms with van der Waals surface area (Å²) in [6, 6.07) is 9.90. The lowest BCUT2D eigenvalue weighted by Crippen LogP contribution is -2.26. The highest BCUT2D eigenvalue weighted by atomic mass is 16.5. The van der Waals surface area contributed by atoms with E-state index in [1.807, 2.05) is 36.5 Å². The van der Waals surface area contributed by atoms with Gasteiger partial charge in [-0.15, -0.1) is 0 Å². The minimum atomic E-state index is -0.412. The molecule has 0 fully saturated rings. The Bertz CT molecular complexity index is 956. The Hall–Kier alpha value is -3.35. The van der Waals surface area contributed by atoms with E-state index in [0.29, 0.717) is 42.1 Å². The third-order valence-corrected chi connectivity index (χ3v) is 4.55. The SMILES string of the molecule is CCOC(=O)c1c(C)[nH]c(C(=O)NCCc2ccc(-n3cccn3)cc2)c1C. The van der Waals surface area contributed by atoms with Gasteiger partial charge in [-0.1, -0.05) is 12.1 Å². The number of esters is 1. The van der Waals surface area contributed by atoms with Crippen LogP contribution in [0.4, 0.5) is 0 Å². The van der Waals surface area contributed by atoms with E-state index in [9.17, 15) is 9.59 Å². The fourth-order valence-electron chi connectivity index (χ4n) is 3.13. The summed E-state index contributed by atoms with van der Waals surface area (Å²) in [4.78, 5) is 27.6. The summed E-state index contributed by atoms with van der Waals surface area (Å²) >= 11 is 0. The molecule has 3 rings (SSSR count). The number of benzene rings is 1. The van der Waals surface area contributed by atoms with Crippen LogP contribution in [0.15, 0.2) is 42.7 Å². The van der Waals surface area contributed by atoms with Crippen molar-refractivity contribution in [2.45, 2.75) is 27.2 Å². The highest BCUT2D eigenvalue weighted by Gasteiger charge is 2.22. The lowest BCUT2D eigenvalue weighted by atomic mass is 10.1. The van der Waals surface area contributed by atoms with Gasteiger partial charge in [0.05, 0.1) is 17.9 Å². The number of rotatable bonds is 7. The van der Waals surface area contributed by atoms with Gasteiger partial charge in [-0.3, -0.25) is 4.79 Å². The summed E-state index contributed by atoms with van der Waals surface area (Å²) in [6.45, 7) is 6.05. The first-order chi connectivity index (χ1) is 13.5. The van der Waals surface area contributed by atoms with Gasteiger partial charge in [-0.25, -0.2) is 9.48 Å². The van der Waals surface area contributed by atoms with Gasteiger partial charge in [-0.2, -0.15) is 5.10 Å². The second kappa shape index (κ2) is 8.56. The zero-order valence-electron chi connectivity index (χ0n) is 16.3. The number of hydrogen-bond donors (Lipinski definition) is 2. The molecule has 2 N–H and O–H groups in total. The number of amides is 1. The zero-order chi connectivity index (χ0) is 20.1. The van der Waals surface area contributed by atoms with E-state index in [-0.39, 0.29) is 5.91 Å². The minimum absolute atomic E-state index is 0.232. The van der Waals surface area contributed by atoms with E-state index in [4.69, 9.17) is 4.74 Å². The molecular weight excluding hydrogens is 356 g/mol. The molecule has 1 amide bonds. The predicted molar refractivity (Wildman–Crippen MR) is 106 cm³/mol. The highest BCUT2D eigenvalue weighted by Crippen LogP contribution is 2.19. The molecule has 7 heteroatoms. The van der Waals surface area contributed by atoms with Crippen molar-refractivity contribution in [3.63, 3.8) is 0 Å². The molecule has 3 aromatic rings. The number of aryl methyl sites for hydroxylation is 1. The molecule has 0 saturated carbocycles. The van der Waals surface area contributed by atoms with Crippen molar-refractivity contribution < 1.29 is 14.3 Å². The van der Waals surface area contributed by atoms with Gasteiger partial charge in [0.25, 0.3) is 5.91 Å². The molecule has 0 atom stereocenters. The molecule has 0 saturated heterocycles. The number of carbonyl (C=O) groups excluding carboxylic acids is 2.